The van der Waals surface area contributed by atoms with Crippen molar-refractivity contribution >= 4 is 17.6 Å². The summed E-state index contributed by atoms with van der Waals surface area (Å²) in [6, 6.07) is 20.6. The van der Waals surface area contributed by atoms with Crippen molar-refractivity contribution in [1.82, 2.24) is 10.3 Å². The van der Waals surface area contributed by atoms with E-state index in [1.165, 1.54) is 23.4 Å². The lowest BCUT2D eigenvalue weighted by molar-refractivity contribution is -0.140. The Hall–Kier alpha value is -4.25. The SMILES string of the molecule is N#Cc1cncc(COc2cc(C[C@H]3CCc4c(-c5ccccc5F)cccc43)c(Cl)cc2CNC2(C(=O)O)CC2)c1. The van der Waals surface area contributed by atoms with Crippen LogP contribution in [0.1, 0.15) is 58.6 Å². The van der Waals surface area contributed by atoms with Gasteiger partial charge in [-0.1, -0.05) is 48.0 Å². The summed E-state index contributed by atoms with van der Waals surface area (Å²) in [7, 11) is 0. The molecule has 0 aliphatic heterocycles. The second kappa shape index (κ2) is 11.6. The number of rotatable bonds is 10. The second-order valence-electron chi connectivity index (χ2n) is 11.1. The molecule has 212 valence electrons. The first kappa shape index (κ1) is 27.9. The lowest BCUT2D eigenvalue weighted by Crippen LogP contribution is -2.38. The van der Waals surface area contributed by atoms with E-state index in [2.05, 4.69) is 22.4 Å². The summed E-state index contributed by atoms with van der Waals surface area (Å²) in [5, 5.41) is 22.6. The van der Waals surface area contributed by atoms with Crippen LogP contribution in [0.4, 0.5) is 4.39 Å². The van der Waals surface area contributed by atoms with Gasteiger partial charge in [-0.05, 0) is 84.5 Å². The molecule has 4 aromatic rings. The third kappa shape index (κ3) is 5.61. The van der Waals surface area contributed by atoms with Crippen molar-refractivity contribution in [2.45, 2.75) is 56.7 Å². The normalized spacial score (nSPS) is 16.5. The number of ether oxygens (including phenoxy) is 1. The summed E-state index contributed by atoms with van der Waals surface area (Å²) >= 11 is 6.84. The highest BCUT2D eigenvalue weighted by atomic mass is 35.5. The Morgan fingerprint density at radius 2 is 1.93 bits per heavy atom. The van der Waals surface area contributed by atoms with Crippen LogP contribution in [0, 0.1) is 17.1 Å². The Bertz CT molecular complexity index is 1710. The highest BCUT2D eigenvalue weighted by molar-refractivity contribution is 6.31. The van der Waals surface area contributed by atoms with Gasteiger partial charge in [-0.3, -0.25) is 15.1 Å². The number of nitrogens with one attached hydrogen (secondary N) is 1. The predicted octanol–water partition coefficient (Wildman–Crippen LogP) is 6.97. The molecule has 1 fully saturated rings. The molecule has 2 aliphatic carbocycles. The summed E-state index contributed by atoms with van der Waals surface area (Å²) in [6.45, 7) is 0.481. The lowest BCUT2D eigenvalue weighted by atomic mass is 9.90. The van der Waals surface area contributed by atoms with E-state index in [4.69, 9.17) is 16.3 Å². The van der Waals surface area contributed by atoms with Crippen LogP contribution in [0.5, 0.6) is 5.75 Å². The molecule has 2 N–H and O–H groups in total. The topological polar surface area (TPSA) is 95.2 Å². The lowest BCUT2D eigenvalue weighted by Gasteiger charge is -2.19. The van der Waals surface area contributed by atoms with Crippen molar-refractivity contribution in [2.75, 3.05) is 0 Å². The zero-order chi connectivity index (χ0) is 29.3. The molecule has 0 bridgehead atoms. The van der Waals surface area contributed by atoms with Gasteiger partial charge in [0.25, 0.3) is 0 Å². The molecule has 0 amide bonds. The number of hydrogen-bond acceptors (Lipinski definition) is 5. The molecule has 2 aliphatic rings. The van der Waals surface area contributed by atoms with E-state index in [9.17, 15) is 19.6 Å². The van der Waals surface area contributed by atoms with Crippen LogP contribution in [0.3, 0.4) is 0 Å². The maximum Gasteiger partial charge on any atom is 0.323 e. The van der Waals surface area contributed by atoms with Crippen molar-refractivity contribution in [1.29, 1.82) is 5.26 Å². The van der Waals surface area contributed by atoms with Crippen LogP contribution >= 0.6 is 11.6 Å². The standard InChI is InChI=1S/C34H29ClFN3O3/c35-30-14-25(19-39-34(10-11-34)33(40)41)32(42-20-22-12-21(16-37)17-38-18-22)15-24(30)13-23-8-9-28-26(23)5-3-6-27(28)29-4-1-2-7-31(29)36/h1-7,12,14-15,17-18,23,39H,8-11,13,19-20H2,(H,40,41)/t23-/m1/s1. The van der Waals surface area contributed by atoms with Crippen LogP contribution in [-0.4, -0.2) is 21.6 Å². The minimum atomic E-state index is -0.906. The highest BCUT2D eigenvalue weighted by Crippen LogP contribution is 2.43. The number of halogens is 2. The predicted molar refractivity (Wildman–Crippen MR) is 158 cm³/mol. The van der Waals surface area contributed by atoms with Gasteiger partial charge in [0, 0.05) is 40.7 Å². The van der Waals surface area contributed by atoms with E-state index in [0.717, 1.165) is 35.1 Å². The van der Waals surface area contributed by atoms with Crippen LogP contribution in [-0.2, 0) is 30.8 Å². The maximum absolute atomic E-state index is 14.7. The fraction of sp³-hybridized carbons (Fsp3) is 0.265. The van der Waals surface area contributed by atoms with E-state index in [1.54, 1.807) is 18.3 Å². The summed E-state index contributed by atoms with van der Waals surface area (Å²) in [5.74, 6) is -0.278. The summed E-state index contributed by atoms with van der Waals surface area (Å²) in [6.07, 6.45) is 6.76. The molecule has 1 aromatic heterocycles. The van der Waals surface area contributed by atoms with Gasteiger partial charge < -0.3 is 9.84 Å². The van der Waals surface area contributed by atoms with Crippen molar-refractivity contribution < 1.29 is 19.0 Å². The Labute approximate surface area is 248 Å². The molecule has 0 saturated heterocycles. The number of aliphatic carboxylic acids is 1. The zero-order valence-corrected chi connectivity index (χ0v) is 23.6. The number of pyridine rings is 1. The Morgan fingerprint density at radius 1 is 1.12 bits per heavy atom. The fourth-order valence-corrected chi connectivity index (χ4v) is 6.12. The van der Waals surface area contributed by atoms with Crippen molar-refractivity contribution in [3.05, 3.63) is 117 Å². The van der Waals surface area contributed by atoms with Crippen molar-refractivity contribution in [2.24, 2.45) is 0 Å². The van der Waals surface area contributed by atoms with Gasteiger partial charge in [-0.2, -0.15) is 5.26 Å². The largest absolute Gasteiger partial charge is 0.489 e. The summed E-state index contributed by atoms with van der Waals surface area (Å²) < 4.78 is 20.9. The van der Waals surface area contributed by atoms with Gasteiger partial charge in [-0.15, -0.1) is 0 Å². The molecule has 1 atom stereocenters. The molecule has 1 saturated carbocycles. The molecule has 3 aromatic carbocycles. The average Bonchev–Trinajstić information content (AvgIpc) is 3.70. The molecule has 8 heteroatoms. The number of benzene rings is 3. The Morgan fingerprint density at radius 3 is 2.69 bits per heavy atom. The Balaban J connectivity index is 1.28. The average molecular weight is 582 g/mol. The van der Waals surface area contributed by atoms with E-state index in [-0.39, 0.29) is 24.9 Å². The molecular formula is C34H29ClFN3O3. The molecule has 1 heterocycles. The number of aromatic nitrogens is 1. The molecule has 42 heavy (non-hydrogen) atoms. The highest BCUT2D eigenvalue weighted by Gasteiger charge is 2.50. The van der Waals surface area contributed by atoms with Crippen LogP contribution in [0.15, 0.2) is 73.1 Å². The number of carboxylic acids is 1. The van der Waals surface area contributed by atoms with Gasteiger partial charge >= 0.3 is 5.97 Å². The third-order valence-corrected chi connectivity index (χ3v) is 8.70. The Kier molecular flexibility index (Phi) is 7.68. The zero-order valence-electron chi connectivity index (χ0n) is 22.9. The fourth-order valence-electron chi connectivity index (χ4n) is 5.86. The van der Waals surface area contributed by atoms with E-state index < -0.39 is 11.5 Å². The van der Waals surface area contributed by atoms with Crippen LogP contribution < -0.4 is 10.1 Å². The number of carbonyl (C=O) groups is 1. The first-order valence-electron chi connectivity index (χ1n) is 14.0. The van der Waals surface area contributed by atoms with E-state index in [1.807, 2.05) is 36.4 Å². The molecule has 0 radical (unpaired) electrons. The molecule has 6 nitrogen and oxygen atoms in total. The van der Waals surface area contributed by atoms with Crippen molar-refractivity contribution in [3.8, 4) is 22.9 Å². The third-order valence-electron chi connectivity index (χ3n) is 8.35. The number of hydrogen-bond donors (Lipinski definition) is 2. The number of fused-ring (bicyclic) bond motifs is 1. The van der Waals surface area contributed by atoms with Gasteiger partial charge in [-0.25, -0.2) is 4.39 Å². The van der Waals surface area contributed by atoms with Crippen LogP contribution in [0.25, 0.3) is 11.1 Å². The first-order valence-corrected chi connectivity index (χ1v) is 14.4. The minimum absolute atomic E-state index is 0.193. The number of nitrogens with zero attached hydrogens (tertiary/aromatic N) is 2. The minimum Gasteiger partial charge on any atom is -0.489 e. The second-order valence-corrected chi connectivity index (χ2v) is 11.5. The monoisotopic (exact) mass is 581 g/mol. The summed E-state index contributed by atoms with van der Waals surface area (Å²) in [4.78, 5) is 15.9. The van der Waals surface area contributed by atoms with Crippen molar-refractivity contribution in [3.63, 3.8) is 0 Å². The van der Waals surface area contributed by atoms with Crippen LogP contribution in [0.2, 0.25) is 5.02 Å². The smallest absolute Gasteiger partial charge is 0.323 e. The molecule has 0 unspecified atom stereocenters. The maximum atomic E-state index is 14.7. The van der Waals surface area contributed by atoms with E-state index in [0.29, 0.717) is 41.2 Å². The van der Waals surface area contributed by atoms with Gasteiger partial charge in [0.2, 0.25) is 0 Å². The number of carboxylic acid groups (broad SMARTS) is 1. The molecule has 6 rings (SSSR count). The van der Waals surface area contributed by atoms with E-state index >= 15 is 0 Å². The molecule has 0 spiro atoms. The first-order chi connectivity index (χ1) is 20.4. The molecular weight excluding hydrogens is 553 g/mol. The van der Waals surface area contributed by atoms with Gasteiger partial charge in [0.1, 0.15) is 29.8 Å². The van der Waals surface area contributed by atoms with Gasteiger partial charge in [0.05, 0.1) is 5.56 Å². The number of nitriles is 1. The summed E-state index contributed by atoms with van der Waals surface area (Å²) in [5.41, 5.74) is 5.90. The quantitative estimate of drug-likeness (QED) is 0.210. The van der Waals surface area contributed by atoms with Gasteiger partial charge in [0.15, 0.2) is 0 Å².